The first kappa shape index (κ1) is 13.9. The van der Waals surface area contributed by atoms with E-state index >= 15 is 0 Å². The van der Waals surface area contributed by atoms with Gasteiger partial charge in [-0.3, -0.25) is 9.59 Å². The SMILES string of the molecule is NC(=O)CC[C@H](N)C(=O)N1CCC[C@H]1B(O)O. The first-order chi connectivity index (χ1) is 7.93. The maximum Gasteiger partial charge on any atom is 0.475 e. The molecule has 0 aliphatic carbocycles. The minimum absolute atomic E-state index is 0.0487. The number of likely N-dealkylation sites (tertiary alicyclic amines) is 1. The Bertz CT molecular complexity index is 300. The molecule has 2 amide bonds. The number of hydrogen-bond donors (Lipinski definition) is 4. The summed E-state index contributed by atoms with van der Waals surface area (Å²) in [6.07, 6.45) is 1.49. The average Bonchev–Trinajstić information content (AvgIpc) is 2.73. The van der Waals surface area contributed by atoms with Gasteiger partial charge in [-0.1, -0.05) is 0 Å². The second-order valence-electron chi connectivity index (χ2n) is 4.27. The molecule has 0 bridgehead atoms. The smallest absolute Gasteiger partial charge is 0.426 e. The summed E-state index contributed by atoms with van der Waals surface area (Å²) in [5, 5.41) is 18.2. The second-order valence-corrected chi connectivity index (χ2v) is 4.27. The number of nitrogens with zero attached hydrogens (tertiary/aromatic N) is 1. The molecule has 1 heterocycles. The van der Waals surface area contributed by atoms with Crippen LogP contribution in [0.3, 0.4) is 0 Å². The zero-order valence-electron chi connectivity index (χ0n) is 9.58. The van der Waals surface area contributed by atoms with E-state index in [2.05, 4.69) is 0 Å². The molecule has 0 unspecified atom stereocenters. The van der Waals surface area contributed by atoms with Crippen LogP contribution in [-0.2, 0) is 9.59 Å². The molecule has 1 aliphatic heterocycles. The van der Waals surface area contributed by atoms with Crippen LogP contribution >= 0.6 is 0 Å². The van der Waals surface area contributed by atoms with Gasteiger partial charge in [0.1, 0.15) is 0 Å². The van der Waals surface area contributed by atoms with Crippen LogP contribution in [0.15, 0.2) is 0 Å². The van der Waals surface area contributed by atoms with Crippen molar-refractivity contribution in [3.05, 3.63) is 0 Å². The van der Waals surface area contributed by atoms with Crippen molar-refractivity contribution in [1.82, 2.24) is 4.90 Å². The monoisotopic (exact) mass is 243 g/mol. The molecule has 17 heavy (non-hydrogen) atoms. The van der Waals surface area contributed by atoms with Crippen molar-refractivity contribution in [2.75, 3.05) is 6.54 Å². The van der Waals surface area contributed by atoms with E-state index < -0.39 is 25.0 Å². The van der Waals surface area contributed by atoms with E-state index in [1.807, 2.05) is 0 Å². The van der Waals surface area contributed by atoms with E-state index in [-0.39, 0.29) is 18.7 Å². The molecule has 1 rings (SSSR count). The van der Waals surface area contributed by atoms with Gasteiger partial charge in [0.25, 0.3) is 0 Å². The van der Waals surface area contributed by atoms with Crippen molar-refractivity contribution in [1.29, 1.82) is 0 Å². The van der Waals surface area contributed by atoms with Gasteiger partial charge in [-0.15, -0.1) is 0 Å². The van der Waals surface area contributed by atoms with Gasteiger partial charge in [0.2, 0.25) is 11.8 Å². The molecule has 1 fully saturated rings. The maximum absolute atomic E-state index is 11.9. The molecule has 0 radical (unpaired) electrons. The zero-order valence-corrected chi connectivity index (χ0v) is 9.58. The fraction of sp³-hybridized carbons (Fsp3) is 0.778. The largest absolute Gasteiger partial charge is 0.475 e. The van der Waals surface area contributed by atoms with Crippen LogP contribution in [0, 0.1) is 0 Å². The van der Waals surface area contributed by atoms with Gasteiger partial charge in [-0.05, 0) is 19.3 Å². The highest BCUT2D eigenvalue weighted by molar-refractivity contribution is 6.43. The molecule has 7 nitrogen and oxygen atoms in total. The van der Waals surface area contributed by atoms with E-state index in [4.69, 9.17) is 21.5 Å². The van der Waals surface area contributed by atoms with Gasteiger partial charge in [-0.25, -0.2) is 0 Å². The minimum atomic E-state index is -1.55. The summed E-state index contributed by atoms with van der Waals surface area (Å²) in [4.78, 5) is 23.9. The van der Waals surface area contributed by atoms with Crippen molar-refractivity contribution in [3.63, 3.8) is 0 Å². The first-order valence-corrected chi connectivity index (χ1v) is 5.64. The Morgan fingerprint density at radius 2 is 2.12 bits per heavy atom. The fourth-order valence-electron chi connectivity index (χ4n) is 2.01. The molecule has 2 atom stereocenters. The predicted molar refractivity (Wildman–Crippen MR) is 61.3 cm³/mol. The van der Waals surface area contributed by atoms with Gasteiger partial charge in [-0.2, -0.15) is 0 Å². The standard InChI is InChI=1S/C9H18BN3O4/c11-6(3-4-8(12)14)9(15)13-5-1-2-7(13)10(16)17/h6-7,16-17H,1-5,11H2,(H2,12,14)/t6-,7-/m0/s1. The molecular formula is C9H18BN3O4. The lowest BCUT2D eigenvalue weighted by Crippen LogP contribution is -2.51. The van der Waals surface area contributed by atoms with Crippen molar-refractivity contribution < 1.29 is 19.6 Å². The molecule has 8 heteroatoms. The van der Waals surface area contributed by atoms with Crippen LogP contribution in [0.2, 0.25) is 0 Å². The van der Waals surface area contributed by atoms with Crippen LogP contribution in [0.25, 0.3) is 0 Å². The van der Waals surface area contributed by atoms with Crippen LogP contribution in [0.1, 0.15) is 25.7 Å². The predicted octanol–water partition coefficient (Wildman–Crippen LogP) is -2.42. The normalized spacial score (nSPS) is 21.4. The number of carbonyl (C=O) groups excluding carboxylic acids is 2. The minimum Gasteiger partial charge on any atom is -0.426 e. The van der Waals surface area contributed by atoms with Crippen molar-refractivity contribution in [2.45, 2.75) is 37.7 Å². The van der Waals surface area contributed by atoms with E-state index in [0.717, 1.165) is 6.42 Å². The second kappa shape index (κ2) is 5.99. The molecule has 0 aromatic carbocycles. The van der Waals surface area contributed by atoms with Crippen LogP contribution in [0.4, 0.5) is 0 Å². The Kier molecular flexibility index (Phi) is 4.92. The lowest BCUT2D eigenvalue weighted by molar-refractivity contribution is -0.132. The summed E-state index contributed by atoms with van der Waals surface area (Å²) in [7, 11) is -1.55. The quantitative estimate of drug-likeness (QED) is 0.399. The van der Waals surface area contributed by atoms with Gasteiger partial charge in [0.15, 0.2) is 0 Å². The molecule has 1 aliphatic rings. The number of carbonyl (C=O) groups is 2. The molecule has 0 aromatic rings. The van der Waals surface area contributed by atoms with Gasteiger partial charge in [0.05, 0.1) is 12.0 Å². The Morgan fingerprint density at radius 3 is 2.65 bits per heavy atom. The average molecular weight is 243 g/mol. The fourth-order valence-corrected chi connectivity index (χ4v) is 2.01. The molecule has 0 saturated carbocycles. The summed E-state index contributed by atoms with van der Waals surface area (Å²) in [5.74, 6) is -1.46. The summed E-state index contributed by atoms with van der Waals surface area (Å²) in [6.45, 7) is 0.464. The van der Waals surface area contributed by atoms with Crippen LogP contribution < -0.4 is 11.5 Å². The Hall–Kier alpha value is -1.12. The Morgan fingerprint density at radius 1 is 1.47 bits per heavy atom. The lowest BCUT2D eigenvalue weighted by Gasteiger charge is -2.26. The third-order valence-electron chi connectivity index (χ3n) is 2.95. The topological polar surface area (TPSA) is 130 Å². The Balaban J connectivity index is 2.53. The maximum atomic E-state index is 11.9. The highest BCUT2D eigenvalue weighted by atomic mass is 16.4. The van der Waals surface area contributed by atoms with Gasteiger partial charge in [0, 0.05) is 13.0 Å². The summed E-state index contributed by atoms with van der Waals surface area (Å²) < 4.78 is 0. The number of hydrogen-bond acceptors (Lipinski definition) is 5. The number of primary amides is 1. The third kappa shape index (κ3) is 3.69. The number of nitrogens with two attached hydrogens (primary N) is 2. The van der Waals surface area contributed by atoms with Crippen molar-refractivity contribution in [3.8, 4) is 0 Å². The van der Waals surface area contributed by atoms with E-state index in [1.165, 1.54) is 4.90 Å². The molecular weight excluding hydrogens is 225 g/mol. The highest BCUT2D eigenvalue weighted by Gasteiger charge is 2.38. The van der Waals surface area contributed by atoms with E-state index in [9.17, 15) is 9.59 Å². The Labute approximate surface area is 99.9 Å². The van der Waals surface area contributed by atoms with Crippen LogP contribution in [-0.4, -0.2) is 52.4 Å². The molecule has 96 valence electrons. The molecule has 0 spiro atoms. The summed E-state index contributed by atoms with van der Waals surface area (Å²) >= 11 is 0. The molecule has 6 N–H and O–H groups in total. The van der Waals surface area contributed by atoms with E-state index in [0.29, 0.717) is 13.0 Å². The van der Waals surface area contributed by atoms with Gasteiger partial charge >= 0.3 is 7.12 Å². The van der Waals surface area contributed by atoms with Crippen LogP contribution in [0.5, 0.6) is 0 Å². The molecule has 1 saturated heterocycles. The van der Waals surface area contributed by atoms with Crippen molar-refractivity contribution in [2.24, 2.45) is 11.5 Å². The third-order valence-corrected chi connectivity index (χ3v) is 2.95. The van der Waals surface area contributed by atoms with Crippen molar-refractivity contribution >= 4 is 18.9 Å². The lowest BCUT2D eigenvalue weighted by atomic mass is 9.77. The van der Waals surface area contributed by atoms with Gasteiger partial charge < -0.3 is 26.4 Å². The highest BCUT2D eigenvalue weighted by Crippen LogP contribution is 2.19. The molecule has 0 aromatic heterocycles. The zero-order chi connectivity index (χ0) is 13.0. The van der Waals surface area contributed by atoms with E-state index in [1.54, 1.807) is 0 Å². The first-order valence-electron chi connectivity index (χ1n) is 5.64. The number of rotatable bonds is 5. The number of amides is 2. The summed E-state index contributed by atoms with van der Waals surface area (Å²) in [5.41, 5.74) is 10.6. The summed E-state index contributed by atoms with van der Waals surface area (Å²) in [6, 6.07) is -0.818.